The summed E-state index contributed by atoms with van der Waals surface area (Å²) in [5.74, 6) is 0.183. The Labute approximate surface area is 102 Å². The average molecular weight is 248 g/mol. The van der Waals surface area contributed by atoms with Crippen LogP contribution in [0.3, 0.4) is 0 Å². The molecule has 2 aliphatic rings. The highest BCUT2D eigenvalue weighted by Crippen LogP contribution is 2.41. The van der Waals surface area contributed by atoms with E-state index in [1.807, 2.05) is 30.4 Å². The standard InChI is InChI=1S/C14H16O2S/c15-17(16)12-7-4-8-14(17)13(10-9-12)11-5-2-1-3-6-11/h1-7,12-14H,8-10H2/t12-,13-,14-/m0/s1. The van der Waals surface area contributed by atoms with Crippen LogP contribution in [-0.4, -0.2) is 18.9 Å². The SMILES string of the molecule is O=S1(=O)[C@H]2C=CC[C@H]1[C@H](c1ccccc1)CC2. The smallest absolute Gasteiger partial charge is 0.160 e. The third kappa shape index (κ3) is 1.73. The van der Waals surface area contributed by atoms with Gasteiger partial charge in [0.2, 0.25) is 0 Å². The second-order valence-electron chi connectivity index (χ2n) is 4.92. The van der Waals surface area contributed by atoms with Crippen LogP contribution >= 0.6 is 0 Å². The molecule has 17 heavy (non-hydrogen) atoms. The lowest BCUT2D eigenvalue weighted by molar-refractivity contribution is 0.474. The molecule has 90 valence electrons. The Morgan fingerprint density at radius 3 is 2.59 bits per heavy atom. The third-order valence-electron chi connectivity index (χ3n) is 4.00. The van der Waals surface area contributed by atoms with Gasteiger partial charge in [-0.05, 0) is 24.8 Å². The maximum atomic E-state index is 12.3. The minimum absolute atomic E-state index is 0.183. The first-order chi connectivity index (χ1) is 8.19. The summed E-state index contributed by atoms with van der Waals surface area (Å²) in [6, 6.07) is 10.1. The van der Waals surface area contributed by atoms with Gasteiger partial charge in [-0.2, -0.15) is 0 Å². The average Bonchev–Trinajstić information content (AvgIpc) is 2.28. The van der Waals surface area contributed by atoms with Gasteiger partial charge in [-0.15, -0.1) is 0 Å². The lowest BCUT2D eigenvalue weighted by Crippen LogP contribution is -2.42. The molecule has 0 saturated carbocycles. The van der Waals surface area contributed by atoms with Gasteiger partial charge in [-0.3, -0.25) is 0 Å². The van der Waals surface area contributed by atoms with Crippen LogP contribution in [0.25, 0.3) is 0 Å². The number of rotatable bonds is 1. The third-order valence-corrected chi connectivity index (χ3v) is 6.60. The summed E-state index contributed by atoms with van der Waals surface area (Å²) in [5.41, 5.74) is 1.18. The molecule has 0 spiro atoms. The fourth-order valence-electron chi connectivity index (χ4n) is 3.10. The van der Waals surface area contributed by atoms with E-state index in [4.69, 9.17) is 0 Å². The molecule has 0 radical (unpaired) electrons. The quantitative estimate of drug-likeness (QED) is 0.716. The molecule has 0 N–H and O–H groups in total. The Bertz CT molecular complexity index is 531. The van der Waals surface area contributed by atoms with Crippen LogP contribution < -0.4 is 0 Å². The van der Waals surface area contributed by atoms with Crippen molar-refractivity contribution in [3.8, 4) is 0 Å². The van der Waals surface area contributed by atoms with Crippen molar-refractivity contribution in [3.63, 3.8) is 0 Å². The highest BCUT2D eigenvalue weighted by molar-refractivity contribution is 7.93. The zero-order valence-corrected chi connectivity index (χ0v) is 10.4. The van der Waals surface area contributed by atoms with E-state index >= 15 is 0 Å². The summed E-state index contributed by atoms with van der Waals surface area (Å²) in [7, 11) is -2.95. The topological polar surface area (TPSA) is 34.1 Å². The van der Waals surface area contributed by atoms with Gasteiger partial charge in [-0.25, -0.2) is 8.42 Å². The molecule has 2 bridgehead atoms. The van der Waals surface area contributed by atoms with Crippen molar-refractivity contribution in [3.05, 3.63) is 48.0 Å². The predicted octanol–water partition coefficient (Wildman–Crippen LogP) is 2.68. The fraction of sp³-hybridized carbons (Fsp3) is 0.429. The van der Waals surface area contributed by atoms with Crippen molar-refractivity contribution < 1.29 is 8.42 Å². The first-order valence-electron chi connectivity index (χ1n) is 6.14. The van der Waals surface area contributed by atoms with Crippen LogP contribution in [0.15, 0.2) is 42.5 Å². The molecule has 2 heterocycles. The van der Waals surface area contributed by atoms with E-state index in [0.29, 0.717) is 6.42 Å². The van der Waals surface area contributed by atoms with Gasteiger partial charge in [0.25, 0.3) is 0 Å². The summed E-state index contributed by atoms with van der Waals surface area (Å²) in [6.07, 6.45) is 6.37. The molecule has 1 saturated heterocycles. The molecule has 1 fully saturated rings. The normalized spacial score (nSPS) is 34.5. The zero-order chi connectivity index (χ0) is 11.9. The van der Waals surface area contributed by atoms with Crippen LogP contribution in [0.1, 0.15) is 30.7 Å². The molecule has 2 nitrogen and oxygen atoms in total. The van der Waals surface area contributed by atoms with Crippen molar-refractivity contribution in [1.29, 1.82) is 0 Å². The molecule has 3 rings (SSSR count). The molecule has 1 aromatic carbocycles. The molecular formula is C14H16O2S. The van der Waals surface area contributed by atoms with Crippen molar-refractivity contribution in [2.24, 2.45) is 0 Å². The summed E-state index contributed by atoms with van der Waals surface area (Å²) in [5, 5.41) is -0.421. The highest BCUT2D eigenvalue weighted by atomic mass is 32.2. The maximum Gasteiger partial charge on any atom is 0.160 e. The monoisotopic (exact) mass is 248 g/mol. The minimum Gasteiger partial charge on any atom is -0.228 e. The summed E-state index contributed by atoms with van der Waals surface area (Å²) >= 11 is 0. The summed E-state index contributed by atoms with van der Waals surface area (Å²) < 4.78 is 24.7. The van der Waals surface area contributed by atoms with Crippen molar-refractivity contribution in [1.82, 2.24) is 0 Å². The Morgan fingerprint density at radius 2 is 1.82 bits per heavy atom. The Morgan fingerprint density at radius 1 is 1.06 bits per heavy atom. The Hall–Kier alpha value is -1.09. The van der Waals surface area contributed by atoms with Crippen LogP contribution in [0.2, 0.25) is 0 Å². The maximum absolute atomic E-state index is 12.3. The molecular weight excluding hydrogens is 232 g/mol. The first kappa shape index (κ1) is 11.0. The summed E-state index contributed by atoms with van der Waals surface area (Å²) in [4.78, 5) is 0. The van der Waals surface area contributed by atoms with Gasteiger partial charge in [-0.1, -0.05) is 42.5 Å². The van der Waals surface area contributed by atoms with Gasteiger partial charge >= 0.3 is 0 Å². The van der Waals surface area contributed by atoms with E-state index < -0.39 is 9.84 Å². The molecule has 0 aliphatic carbocycles. The van der Waals surface area contributed by atoms with E-state index in [2.05, 4.69) is 12.1 Å². The zero-order valence-electron chi connectivity index (χ0n) is 9.62. The van der Waals surface area contributed by atoms with Crippen LogP contribution in [-0.2, 0) is 9.84 Å². The van der Waals surface area contributed by atoms with Crippen LogP contribution in [0.5, 0.6) is 0 Å². The predicted molar refractivity (Wildman–Crippen MR) is 68.7 cm³/mol. The number of sulfone groups is 1. The van der Waals surface area contributed by atoms with Gasteiger partial charge in [0.15, 0.2) is 9.84 Å². The Balaban J connectivity index is 2.02. The van der Waals surface area contributed by atoms with Crippen molar-refractivity contribution in [2.45, 2.75) is 35.7 Å². The van der Waals surface area contributed by atoms with Gasteiger partial charge in [0.1, 0.15) is 0 Å². The number of allylic oxidation sites excluding steroid dienone is 1. The lowest BCUT2D eigenvalue weighted by atomic mass is 9.86. The molecule has 3 atom stereocenters. The second-order valence-corrected chi connectivity index (χ2v) is 7.31. The Kier molecular flexibility index (Phi) is 2.58. The molecule has 0 aromatic heterocycles. The largest absolute Gasteiger partial charge is 0.228 e. The van der Waals surface area contributed by atoms with E-state index in [9.17, 15) is 8.42 Å². The molecule has 0 amide bonds. The summed E-state index contributed by atoms with van der Waals surface area (Å²) in [6.45, 7) is 0. The number of benzene rings is 1. The first-order valence-corrected chi connectivity index (χ1v) is 7.75. The number of hydrogen-bond donors (Lipinski definition) is 0. The van der Waals surface area contributed by atoms with Gasteiger partial charge in [0.05, 0.1) is 10.5 Å². The van der Waals surface area contributed by atoms with E-state index in [1.165, 1.54) is 5.56 Å². The molecule has 2 aliphatic heterocycles. The molecule has 1 aromatic rings. The highest BCUT2D eigenvalue weighted by Gasteiger charge is 2.44. The van der Waals surface area contributed by atoms with E-state index in [-0.39, 0.29) is 16.4 Å². The molecule has 0 unspecified atom stereocenters. The van der Waals surface area contributed by atoms with E-state index in [0.717, 1.165) is 12.8 Å². The van der Waals surface area contributed by atoms with Crippen LogP contribution in [0.4, 0.5) is 0 Å². The van der Waals surface area contributed by atoms with Crippen molar-refractivity contribution >= 4 is 9.84 Å². The van der Waals surface area contributed by atoms with Crippen molar-refractivity contribution in [2.75, 3.05) is 0 Å². The second kappa shape index (κ2) is 3.98. The number of fused-ring (bicyclic) bond motifs is 2. The van der Waals surface area contributed by atoms with Crippen LogP contribution in [0, 0.1) is 0 Å². The van der Waals surface area contributed by atoms with Gasteiger partial charge in [0, 0.05) is 5.92 Å². The number of hydrogen-bond acceptors (Lipinski definition) is 2. The molecule has 3 heteroatoms. The minimum atomic E-state index is -2.95. The fourth-order valence-corrected chi connectivity index (χ4v) is 5.47. The lowest BCUT2D eigenvalue weighted by Gasteiger charge is -2.37. The van der Waals surface area contributed by atoms with Gasteiger partial charge < -0.3 is 0 Å². The van der Waals surface area contributed by atoms with E-state index in [1.54, 1.807) is 0 Å².